The lowest BCUT2D eigenvalue weighted by Gasteiger charge is -2.26. The van der Waals surface area contributed by atoms with Crippen LogP contribution in [-0.2, 0) is 14.3 Å². The molecule has 200 valence electrons. The Morgan fingerprint density at radius 2 is 1.81 bits per heavy atom. The number of carbonyl (C=O) groups is 3. The lowest BCUT2D eigenvalue weighted by atomic mass is 9.93. The second kappa shape index (κ2) is 11.5. The van der Waals surface area contributed by atoms with E-state index in [0.29, 0.717) is 53.4 Å². The number of likely N-dealkylation sites (tertiary alicyclic amines) is 1. The Kier molecular flexibility index (Phi) is 8.65. The largest absolute Gasteiger partial charge is 0.507 e. The summed E-state index contributed by atoms with van der Waals surface area (Å²) in [5.41, 5.74) is 1.91. The van der Waals surface area contributed by atoms with Gasteiger partial charge >= 0.3 is 5.97 Å². The molecule has 10 nitrogen and oxygen atoms in total. The van der Waals surface area contributed by atoms with Gasteiger partial charge in [-0.3, -0.25) is 9.59 Å². The Bertz CT molecular complexity index is 1230. The van der Waals surface area contributed by atoms with E-state index < -0.39 is 23.7 Å². The number of aromatic nitrogens is 1. The highest BCUT2D eigenvalue weighted by Gasteiger charge is 2.46. The second-order valence-corrected chi connectivity index (χ2v) is 9.11. The van der Waals surface area contributed by atoms with Crippen LogP contribution in [0, 0.1) is 13.8 Å². The van der Waals surface area contributed by atoms with Gasteiger partial charge in [0.15, 0.2) is 11.5 Å². The number of Topliss-reactive ketones (excluding diaryl/α,β-unsaturated/α-hetero) is 1. The van der Waals surface area contributed by atoms with Crippen molar-refractivity contribution in [3.8, 4) is 11.5 Å². The van der Waals surface area contributed by atoms with Crippen LogP contribution in [0.5, 0.6) is 11.5 Å². The van der Waals surface area contributed by atoms with Crippen molar-refractivity contribution < 1.29 is 33.7 Å². The standard InChI is InChI=1S/C27H35N3O7/c1-8-37-27(34)22-15(2)20(16(3)28-22)24(31)21-23(17-10-11-18(35-6)19(14-17)36-7)30(26(33)25(21)32)13-9-12-29(4)5/h10-11,14,23,28,31H,8-9,12-13H2,1-7H3/b24-21+/t23-/m1/s1. The van der Waals surface area contributed by atoms with Crippen LogP contribution in [0.15, 0.2) is 23.8 Å². The van der Waals surface area contributed by atoms with Gasteiger partial charge in [0.1, 0.15) is 11.5 Å². The van der Waals surface area contributed by atoms with Crippen molar-refractivity contribution in [1.82, 2.24) is 14.8 Å². The van der Waals surface area contributed by atoms with E-state index >= 15 is 0 Å². The molecule has 0 aliphatic carbocycles. The summed E-state index contributed by atoms with van der Waals surface area (Å²) in [7, 11) is 6.87. The Labute approximate surface area is 216 Å². The van der Waals surface area contributed by atoms with Crippen LogP contribution in [0.3, 0.4) is 0 Å². The first kappa shape index (κ1) is 27.8. The zero-order valence-electron chi connectivity index (χ0n) is 22.4. The van der Waals surface area contributed by atoms with E-state index in [1.54, 1.807) is 39.0 Å². The Morgan fingerprint density at radius 3 is 2.41 bits per heavy atom. The van der Waals surface area contributed by atoms with Gasteiger partial charge in [-0.2, -0.15) is 0 Å². The quantitative estimate of drug-likeness (QED) is 0.215. The van der Waals surface area contributed by atoms with Crippen LogP contribution in [0.2, 0.25) is 0 Å². The molecule has 2 N–H and O–H groups in total. The first-order valence-corrected chi connectivity index (χ1v) is 12.1. The average Bonchev–Trinajstić information content (AvgIpc) is 3.30. The zero-order chi connectivity index (χ0) is 27.4. The van der Waals surface area contributed by atoms with Crippen LogP contribution in [0.4, 0.5) is 0 Å². The number of ether oxygens (including phenoxy) is 3. The summed E-state index contributed by atoms with van der Waals surface area (Å²) in [4.78, 5) is 45.5. The maximum atomic E-state index is 13.4. The number of aliphatic hydroxyl groups is 1. The van der Waals surface area contributed by atoms with Crippen molar-refractivity contribution in [3.05, 3.63) is 51.9 Å². The number of nitrogens with one attached hydrogen (secondary N) is 1. The number of nitrogens with zero attached hydrogens (tertiary/aromatic N) is 2. The molecule has 1 saturated heterocycles. The number of rotatable bonds is 10. The van der Waals surface area contributed by atoms with Gasteiger partial charge < -0.3 is 34.1 Å². The van der Waals surface area contributed by atoms with Crippen molar-refractivity contribution in [1.29, 1.82) is 0 Å². The molecular formula is C27H35N3O7. The lowest BCUT2D eigenvalue weighted by molar-refractivity contribution is -0.139. The van der Waals surface area contributed by atoms with Crippen molar-refractivity contribution in [3.63, 3.8) is 0 Å². The maximum absolute atomic E-state index is 13.4. The van der Waals surface area contributed by atoms with E-state index in [-0.39, 0.29) is 23.6 Å². The summed E-state index contributed by atoms with van der Waals surface area (Å²) < 4.78 is 15.9. The van der Waals surface area contributed by atoms with E-state index in [0.717, 1.165) is 0 Å². The fourth-order valence-corrected chi connectivity index (χ4v) is 4.68. The zero-order valence-corrected chi connectivity index (χ0v) is 22.4. The highest BCUT2D eigenvalue weighted by Crippen LogP contribution is 2.43. The van der Waals surface area contributed by atoms with Crippen LogP contribution in [0.25, 0.3) is 5.76 Å². The van der Waals surface area contributed by atoms with Gasteiger partial charge in [0, 0.05) is 17.8 Å². The van der Waals surface area contributed by atoms with Crippen molar-refractivity contribution in [2.24, 2.45) is 0 Å². The topological polar surface area (TPSA) is 121 Å². The number of carbonyl (C=O) groups excluding carboxylic acids is 3. The molecule has 1 aliphatic rings. The first-order chi connectivity index (χ1) is 17.6. The minimum atomic E-state index is -0.860. The number of esters is 1. The number of aromatic amines is 1. The third-order valence-electron chi connectivity index (χ3n) is 6.42. The molecule has 1 atom stereocenters. The number of benzene rings is 1. The number of amides is 1. The summed E-state index contributed by atoms with van der Waals surface area (Å²) >= 11 is 0. The number of aryl methyl sites for hydroxylation is 1. The number of hydrogen-bond donors (Lipinski definition) is 2. The van der Waals surface area contributed by atoms with Crippen LogP contribution < -0.4 is 9.47 Å². The Morgan fingerprint density at radius 1 is 1.14 bits per heavy atom. The number of methoxy groups -OCH3 is 2. The van der Waals surface area contributed by atoms with E-state index in [1.807, 2.05) is 19.0 Å². The fraction of sp³-hybridized carbons (Fsp3) is 0.444. The van der Waals surface area contributed by atoms with Crippen LogP contribution in [0.1, 0.15) is 52.3 Å². The average molecular weight is 514 g/mol. The molecule has 10 heteroatoms. The molecule has 2 heterocycles. The van der Waals surface area contributed by atoms with E-state index in [9.17, 15) is 19.5 Å². The van der Waals surface area contributed by atoms with Gasteiger partial charge in [-0.25, -0.2) is 4.79 Å². The number of hydrogen-bond acceptors (Lipinski definition) is 8. The van der Waals surface area contributed by atoms with Gasteiger partial charge in [0.05, 0.1) is 32.4 Å². The minimum Gasteiger partial charge on any atom is -0.507 e. The predicted octanol–water partition coefficient (Wildman–Crippen LogP) is 3.20. The minimum absolute atomic E-state index is 0.0531. The highest BCUT2D eigenvalue weighted by molar-refractivity contribution is 6.46. The maximum Gasteiger partial charge on any atom is 0.355 e. The second-order valence-electron chi connectivity index (χ2n) is 9.11. The third kappa shape index (κ3) is 5.34. The van der Waals surface area contributed by atoms with E-state index in [2.05, 4.69) is 4.98 Å². The van der Waals surface area contributed by atoms with E-state index in [4.69, 9.17) is 14.2 Å². The van der Waals surface area contributed by atoms with Crippen molar-refractivity contribution >= 4 is 23.4 Å². The molecular weight excluding hydrogens is 478 g/mol. The Hall–Kier alpha value is -3.79. The Balaban J connectivity index is 2.21. The molecule has 2 aromatic rings. The van der Waals surface area contributed by atoms with Crippen molar-refractivity contribution in [2.75, 3.05) is 48.0 Å². The molecule has 1 fully saturated rings. The number of H-pyrrole nitrogens is 1. The summed E-state index contributed by atoms with van der Waals surface area (Å²) in [6.45, 7) is 6.24. The fourth-order valence-electron chi connectivity index (χ4n) is 4.68. The number of ketones is 1. The van der Waals surface area contributed by atoms with Crippen LogP contribution in [-0.4, -0.2) is 85.6 Å². The lowest BCUT2D eigenvalue weighted by Crippen LogP contribution is -2.32. The molecule has 37 heavy (non-hydrogen) atoms. The van der Waals surface area contributed by atoms with Gasteiger partial charge in [-0.05, 0) is 71.1 Å². The molecule has 1 aliphatic heterocycles. The molecule has 0 bridgehead atoms. The molecule has 1 aromatic heterocycles. The van der Waals surface area contributed by atoms with Gasteiger partial charge in [0.25, 0.3) is 11.7 Å². The molecule has 1 aromatic carbocycles. The molecule has 1 amide bonds. The summed E-state index contributed by atoms with van der Waals surface area (Å²) in [6.07, 6.45) is 0.624. The molecule has 0 spiro atoms. The van der Waals surface area contributed by atoms with Crippen molar-refractivity contribution in [2.45, 2.75) is 33.2 Å². The molecule has 0 unspecified atom stereocenters. The smallest absolute Gasteiger partial charge is 0.355 e. The van der Waals surface area contributed by atoms with Gasteiger partial charge in [-0.1, -0.05) is 6.07 Å². The highest BCUT2D eigenvalue weighted by atomic mass is 16.5. The van der Waals surface area contributed by atoms with Crippen LogP contribution >= 0.6 is 0 Å². The summed E-state index contributed by atoms with van der Waals surface area (Å²) in [5.74, 6) is -1.49. The van der Waals surface area contributed by atoms with Gasteiger partial charge in [-0.15, -0.1) is 0 Å². The monoisotopic (exact) mass is 513 g/mol. The summed E-state index contributed by atoms with van der Waals surface area (Å²) in [6, 6.07) is 4.27. The molecule has 3 rings (SSSR count). The predicted molar refractivity (Wildman–Crippen MR) is 138 cm³/mol. The first-order valence-electron chi connectivity index (χ1n) is 12.1. The summed E-state index contributed by atoms with van der Waals surface area (Å²) in [5, 5.41) is 11.5. The molecule has 0 radical (unpaired) electrons. The van der Waals surface area contributed by atoms with Gasteiger partial charge in [0.2, 0.25) is 0 Å². The number of aliphatic hydroxyl groups excluding tert-OH is 1. The molecule has 0 saturated carbocycles. The normalized spacial score (nSPS) is 17.0. The third-order valence-corrected chi connectivity index (χ3v) is 6.42. The SMILES string of the molecule is CCOC(=O)c1[nH]c(C)c(/C(O)=C2\C(=O)C(=O)N(CCCN(C)C)[C@@H]2c2ccc(OC)c(OC)c2)c1C. The van der Waals surface area contributed by atoms with E-state index in [1.165, 1.54) is 19.1 Å².